The number of carbonyl (C=O) groups excluding carboxylic acids is 2. The Morgan fingerprint density at radius 3 is 2.46 bits per heavy atom. The minimum absolute atomic E-state index is 0.0383. The first kappa shape index (κ1) is 33.6. The van der Waals surface area contributed by atoms with Gasteiger partial charge in [0, 0.05) is 37.7 Å². The molecule has 46 heavy (non-hydrogen) atoms. The van der Waals surface area contributed by atoms with Crippen molar-refractivity contribution in [3.05, 3.63) is 94.7 Å². The number of aromatic amines is 1. The van der Waals surface area contributed by atoms with Crippen LogP contribution >= 0.6 is 0 Å². The molecule has 0 aliphatic carbocycles. The number of aryl methyl sites for hydroxylation is 4. The second kappa shape index (κ2) is 16.2. The minimum Gasteiger partial charge on any atom is -0.508 e. The van der Waals surface area contributed by atoms with Crippen LogP contribution in [0.1, 0.15) is 58.5 Å². The molecule has 0 bridgehead atoms. The maximum Gasteiger partial charge on any atom is 0.249 e. The third kappa shape index (κ3) is 9.89. The molecule has 3 atom stereocenters. The van der Waals surface area contributed by atoms with Crippen molar-refractivity contribution in [1.82, 2.24) is 30.7 Å². The largest absolute Gasteiger partial charge is 0.508 e. The van der Waals surface area contributed by atoms with Crippen LogP contribution in [0.4, 0.5) is 0 Å². The van der Waals surface area contributed by atoms with Gasteiger partial charge in [0.05, 0.1) is 12.4 Å². The van der Waals surface area contributed by atoms with E-state index in [9.17, 15) is 14.7 Å². The number of phenolic OH excluding ortho intramolecular Hbond substituents is 1. The third-order valence-corrected chi connectivity index (χ3v) is 7.58. The maximum absolute atomic E-state index is 14.0. The topological polar surface area (TPSA) is 236 Å². The molecule has 14 nitrogen and oxygen atoms in total. The van der Waals surface area contributed by atoms with Crippen LogP contribution in [-0.4, -0.2) is 61.6 Å². The summed E-state index contributed by atoms with van der Waals surface area (Å²) in [7, 11) is 0. The number of amides is 2. The van der Waals surface area contributed by atoms with Crippen molar-refractivity contribution in [1.29, 1.82) is 0 Å². The molecule has 2 unspecified atom stereocenters. The number of nitrogens with zero attached hydrogens (tertiary/aromatic N) is 4. The van der Waals surface area contributed by atoms with Crippen LogP contribution in [-0.2, 0) is 35.3 Å². The summed E-state index contributed by atoms with van der Waals surface area (Å²) in [4.78, 5) is 42.8. The Kier molecular flexibility index (Phi) is 11.8. The normalized spacial score (nSPS) is 13.0. The quantitative estimate of drug-likeness (QED) is 0.0534. The molecule has 0 aliphatic rings. The van der Waals surface area contributed by atoms with Crippen molar-refractivity contribution in [3.63, 3.8) is 0 Å². The van der Waals surface area contributed by atoms with Gasteiger partial charge in [0.25, 0.3) is 0 Å². The lowest BCUT2D eigenvalue weighted by Gasteiger charge is -2.24. The van der Waals surface area contributed by atoms with Crippen LogP contribution in [0.25, 0.3) is 0 Å². The summed E-state index contributed by atoms with van der Waals surface area (Å²) >= 11 is 0. The summed E-state index contributed by atoms with van der Waals surface area (Å²) in [6.45, 7) is 4.00. The number of aromatic nitrogens is 4. The molecule has 0 aliphatic heterocycles. The number of hydrogen-bond donors (Lipinski definition) is 7. The number of carbonyl (C=O) groups is 2. The number of hydrogen-bond acceptors (Lipinski definition) is 9. The zero-order valence-corrected chi connectivity index (χ0v) is 26.1. The highest BCUT2D eigenvalue weighted by atomic mass is 16.5. The fourth-order valence-electron chi connectivity index (χ4n) is 5.14. The molecule has 0 saturated carbocycles. The van der Waals surface area contributed by atoms with Crippen LogP contribution in [0.2, 0.25) is 0 Å². The predicted octanol–water partition coefficient (Wildman–Crippen LogP) is 1.41. The second-order valence-electron chi connectivity index (χ2n) is 11.3. The number of benzene rings is 2. The van der Waals surface area contributed by atoms with E-state index in [0.29, 0.717) is 31.6 Å². The molecule has 244 valence electrons. The highest BCUT2D eigenvalue weighted by Crippen LogP contribution is 2.23. The molecule has 0 fully saturated rings. The van der Waals surface area contributed by atoms with E-state index in [1.807, 2.05) is 44.2 Å². The number of rotatable bonds is 16. The SMILES string of the molecule is Cc1cc(O)cc(C)c1CC(NC(=O)C(N)CCCN=C(N)N)C(=O)N[C@@H](Cc1cnc[nH]1)c1nc(CCc2ccccc2)no1. The zero-order valence-electron chi connectivity index (χ0n) is 26.1. The van der Waals surface area contributed by atoms with Crippen molar-refractivity contribution < 1.29 is 19.2 Å². The first-order chi connectivity index (χ1) is 22.1. The maximum atomic E-state index is 14.0. The van der Waals surface area contributed by atoms with Crippen molar-refractivity contribution in [2.24, 2.45) is 22.2 Å². The molecule has 2 heterocycles. The van der Waals surface area contributed by atoms with E-state index in [1.165, 1.54) is 0 Å². The summed E-state index contributed by atoms with van der Waals surface area (Å²) < 4.78 is 5.63. The van der Waals surface area contributed by atoms with Gasteiger partial charge in [-0.2, -0.15) is 4.98 Å². The monoisotopic (exact) mass is 630 g/mol. The lowest BCUT2D eigenvalue weighted by molar-refractivity contribution is -0.130. The fraction of sp³-hybridized carbons (Fsp3) is 0.375. The summed E-state index contributed by atoms with van der Waals surface area (Å²) in [6, 6.07) is 10.6. The number of aromatic hydroxyl groups is 1. The Morgan fingerprint density at radius 1 is 1.04 bits per heavy atom. The van der Waals surface area contributed by atoms with Gasteiger partial charge in [-0.25, -0.2) is 4.98 Å². The summed E-state index contributed by atoms with van der Waals surface area (Å²) in [5, 5.41) is 20.1. The molecule has 2 amide bonds. The summed E-state index contributed by atoms with van der Waals surface area (Å²) in [6.07, 6.45) is 5.70. The summed E-state index contributed by atoms with van der Waals surface area (Å²) in [5.41, 5.74) is 21.2. The third-order valence-electron chi connectivity index (χ3n) is 7.58. The zero-order chi connectivity index (χ0) is 33.1. The first-order valence-electron chi connectivity index (χ1n) is 15.1. The van der Waals surface area contributed by atoms with Gasteiger partial charge in [-0.05, 0) is 67.5 Å². The number of nitrogens with two attached hydrogens (primary N) is 3. The van der Waals surface area contributed by atoms with Crippen molar-refractivity contribution in [2.75, 3.05) is 6.54 Å². The molecule has 4 rings (SSSR count). The standard InChI is InChI=1S/C32H42N10O4/c1-19-13-23(43)14-20(2)24(19)16-26(39-29(44)25(33)9-6-12-37-32(34)35)30(45)40-27(15-22-17-36-18-38-22)31-41-28(42-46-31)11-10-21-7-4-3-5-8-21/h3-5,7-8,13-14,17-18,25-27,43H,6,9-12,15-16,33H2,1-2H3,(H,36,38)(H,39,44)(H,40,45)(H4,34,35,37)/t25?,26?,27-/m0/s1. The molecular weight excluding hydrogens is 588 g/mol. The Bertz CT molecular complexity index is 1580. The Labute approximate surface area is 267 Å². The van der Waals surface area contributed by atoms with Crippen LogP contribution in [0.15, 0.2) is 64.5 Å². The van der Waals surface area contributed by atoms with Gasteiger partial charge in [0.1, 0.15) is 17.8 Å². The molecule has 0 saturated heterocycles. The van der Waals surface area contributed by atoms with Gasteiger partial charge in [0.2, 0.25) is 17.7 Å². The van der Waals surface area contributed by atoms with Crippen LogP contribution in [0, 0.1) is 13.8 Å². The van der Waals surface area contributed by atoms with Gasteiger partial charge in [-0.15, -0.1) is 0 Å². The summed E-state index contributed by atoms with van der Waals surface area (Å²) in [5.74, 6) is -0.153. The Balaban J connectivity index is 1.54. The van der Waals surface area contributed by atoms with Crippen LogP contribution in [0.3, 0.4) is 0 Å². The van der Waals surface area contributed by atoms with Gasteiger partial charge in [-0.1, -0.05) is 35.5 Å². The fourth-order valence-corrected chi connectivity index (χ4v) is 5.14. The Hall–Kier alpha value is -5.24. The predicted molar refractivity (Wildman–Crippen MR) is 172 cm³/mol. The van der Waals surface area contributed by atoms with Gasteiger partial charge in [-0.3, -0.25) is 14.6 Å². The van der Waals surface area contributed by atoms with E-state index >= 15 is 0 Å². The lowest BCUT2D eigenvalue weighted by atomic mass is 9.95. The molecule has 0 radical (unpaired) electrons. The highest BCUT2D eigenvalue weighted by molar-refractivity contribution is 5.90. The number of nitrogens with one attached hydrogen (secondary N) is 3. The molecule has 0 spiro atoms. The number of H-pyrrole nitrogens is 1. The molecule has 10 N–H and O–H groups in total. The molecule has 14 heteroatoms. The van der Waals surface area contributed by atoms with Gasteiger partial charge in [0.15, 0.2) is 11.8 Å². The number of guanidine groups is 1. The number of imidazole rings is 1. The van der Waals surface area contributed by atoms with Gasteiger partial charge < -0.3 is 42.4 Å². The minimum atomic E-state index is -1.01. The van der Waals surface area contributed by atoms with E-state index in [0.717, 1.165) is 34.4 Å². The van der Waals surface area contributed by atoms with Crippen LogP contribution < -0.4 is 27.8 Å². The number of phenols is 1. The van der Waals surface area contributed by atoms with E-state index in [1.54, 1.807) is 24.7 Å². The van der Waals surface area contributed by atoms with Crippen molar-refractivity contribution >= 4 is 17.8 Å². The lowest BCUT2D eigenvalue weighted by Crippen LogP contribution is -2.53. The average molecular weight is 631 g/mol. The van der Waals surface area contributed by atoms with E-state index in [-0.39, 0.29) is 30.4 Å². The second-order valence-corrected chi connectivity index (χ2v) is 11.3. The molecule has 2 aromatic heterocycles. The van der Waals surface area contributed by atoms with Crippen molar-refractivity contribution in [3.8, 4) is 5.75 Å². The molecule has 4 aromatic rings. The van der Waals surface area contributed by atoms with Crippen LogP contribution in [0.5, 0.6) is 5.75 Å². The first-order valence-corrected chi connectivity index (χ1v) is 15.1. The average Bonchev–Trinajstić information content (AvgIpc) is 3.72. The van der Waals surface area contributed by atoms with E-state index in [4.69, 9.17) is 21.7 Å². The molecular formula is C32H42N10O4. The smallest absolute Gasteiger partial charge is 0.249 e. The number of aliphatic imine (C=N–C) groups is 1. The van der Waals surface area contributed by atoms with Crippen molar-refractivity contribution in [2.45, 2.75) is 70.5 Å². The van der Waals surface area contributed by atoms with E-state index < -0.39 is 29.9 Å². The Morgan fingerprint density at radius 2 is 1.78 bits per heavy atom. The highest BCUT2D eigenvalue weighted by Gasteiger charge is 2.30. The van der Waals surface area contributed by atoms with E-state index in [2.05, 4.69) is 35.7 Å². The molecule has 2 aromatic carbocycles. The van der Waals surface area contributed by atoms with Gasteiger partial charge >= 0.3 is 0 Å².